The van der Waals surface area contributed by atoms with Crippen LogP contribution in [0.4, 0.5) is 18.0 Å². The van der Waals surface area contributed by atoms with Gasteiger partial charge in [-0.1, -0.05) is 6.07 Å². The van der Waals surface area contributed by atoms with Gasteiger partial charge < -0.3 is 24.4 Å². The van der Waals surface area contributed by atoms with E-state index >= 15 is 0 Å². The Morgan fingerprint density at radius 1 is 1.20 bits per heavy atom. The van der Waals surface area contributed by atoms with Crippen LogP contribution in [0.3, 0.4) is 0 Å². The van der Waals surface area contributed by atoms with Gasteiger partial charge in [0.25, 0.3) is 0 Å². The highest BCUT2D eigenvalue weighted by atomic mass is 19.4. The Kier molecular flexibility index (Phi) is 6.69. The average Bonchev–Trinajstić information content (AvgIpc) is 3.45. The Bertz CT molecular complexity index is 743. The van der Waals surface area contributed by atoms with E-state index in [1.54, 1.807) is 6.20 Å². The quantitative estimate of drug-likeness (QED) is 0.774. The maximum Gasteiger partial charge on any atom is 0.490 e. The predicted molar refractivity (Wildman–Crippen MR) is 98.0 cm³/mol. The molecule has 11 heteroatoms. The summed E-state index contributed by atoms with van der Waals surface area (Å²) in [6, 6.07) is 5.83. The highest BCUT2D eigenvalue weighted by molar-refractivity contribution is 5.75. The molecule has 3 aliphatic heterocycles. The van der Waals surface area contributed by atoms with Crippen LogP contribution in [0.25, 0.3) is 0 Å². The fraction of sp³-hybridized carbons (Fsp3) is 0.632. The number of aliphatic carboxylic acids is 1. The van der Waals surface area contributed by atoms with Gasteiger partial charge in [-0.2, -0.15) is 13.2 Å². The third-order valence-electron chi connectivity index (χ3n) is 5.31. The van der Waals surface area contributed by atoms with Crippen molar-refractivity contribution in [2.75, 3.05) is 32.8 Å². The first-order chi connectivity index (χ1) is 14.2. The number of rotatable bonds is 2. The van der Waals surface area contributed by atoms with Gasteiger partial charge in [-0.15, -0.1) is 0 Å². The molecule has 2 amide bonds. The number of amides is 2. The summed E-state index contributed by atoms with van der Waals surface area (Å²) in [5.74, 6) is -2.12. The molecule has 1 aromatic rings. The lowest BCUT2D eigenvalue weighted by atomic mass is 9.98. The van der Waals surface area contributed by atoms with E-state index in [4.69, 9.17) is 19.4 Å². The van der Waals surface area contributed by atoms with Crippen molar-refractivity contribution in [2.45, 2.75) is 43.6 Å². The lowest BCUT2D eigenvalue weighted by Gasteiger charge is -2.26. The van der Waals surface area contributed by atoms with Crippen LogP contribution in [0, 0.1) is 0 Å². The van der Waals surface area contributed by atoms with Crippen LogP contribution in [-0.4, -0.2) is 82.6 Å². The predicted octanol–water partition coefficient (Wildman–Crippen LogP) is 2.54. The molecule has 3 fully saturated rings. The van der Waals surface area contributed by atoms with Crippen molar-refractivity contribution in [1.29, 1.82) is 0 Å². The van der Waals surface area contributed by atoms with Gasteiger partial charge in [0, 0.05) is 38.3 Å². The molecule has 0 aromatic carbocycles. The summed E-state index contributed by atoms with van der Waals surface area (Å²) in [7, 11) is 0. The first-order valence-corrected chi connectivity index (χ1v) is 9.74. The molecule has 2 atom stereocenters. The van der Waals surface area contributed by atoms with E-state index in [-0.39, 0.29) is 17.7 Å². The van der Waals surface area contributed by atoms with E-state index in [0.717, 1.165) is 45.3 Å². The van der Waals surface area contributed by atoms with E-state index in [1.807, 2.05) is 28.0 Å². The molecule has 1 N–H and O–H groups in total. The van der Waals surface area contributed by atoms with Gasteiger partial charge in [0.15, 0.2) is 0 Å². The third kappa shape index (κ3) is 5.53. The van der Waals surface area contributed by atoms with Gasteiger partial charge >= 0.3 is 18.2 Å². The number of carbonyl (C=O) groups is 2. The zero-order valence-corrected chi connectivity index (χ0v) is 16.3. The number of likely N-dealkylation sites (tertiary alicyclic amines) is 2. The average molecular weight is 431 g/mol. The number of aromatic nitrogens is 1. The lowest BCUT2D eigenvalue weighted by molar-refractivity contribution is -0.192. The number of urea groups is 1. The van der Waals surface area contributed by atoms with E-state index in [1.165, 1.54) is 0 Å². The standard InChI is InChI=1S/C17H23N3O3.C2HF3O2/c21-16(19-8-3-4-9-19)20-10-6-17(13-20)11-14(12-22-17)23-15-5-1-2-7-18-15;3-2(4,5)1(6)7/h1-2,5,7,14H,3-4,6,8-13H2;(H,6,7)/t14-,17+;/m1./s1. The first-order valence-electron chi connectivity index (χ1n) is 9.74. The molecule has 0 saturated carbocycles. The summed E-state index contributed by atoms with van der Waals surface area (Å²) in [6.07, 6.45) is 0.643. The topological polar surface area (TPSA) is 92.2 Å². The van der Waals surface area contributed by atoms with Crippen LogP contribution >= 0.6 is 0 Å². The van der Waals surface area contributed by atoms with Gasteiger partial charge in [-0.25, -0.2) is 14.6 Å². The number of pyridine rings is 1. The second-order valence-corrected chi connectivity index (χ2v) is 7.56. The number of halogens is 3. The van der Waals surface area contributed by atoms with Gasteiger partial charge in [0.1, 0.15) is 6.10 Å². The lowest BCUT2D eigenvalue weighted by Crippen LogP contribution is -2.43. The maximum absolute atomic E-state index is 12.5. The minimum atomic E-state index is -5.08. The second kappa shape index (κ2) is 9.07. The van der Waals surface area contributed by atoms with Crippen molar-refractivity contribution in [1.82, 2.24) is 14.8 Å². The van der Waals surface area contributed by atoms with Crippen LogP contribution < -0.4 is 4.74 Å². The number of nitrogens with zero attached hydrogens (tertiary/aromatic N) is 3. The third-order valence-corrected chi connectivity index (χ3v) is 5.31. The van der Waals surface area contributed by atoms with Crippen LogP contribution in [0.5, 0.6) is 5.88 Å². The minimum absolute atomic E-state index is 0.0201. The molecule has 8 nitrogen and oxygen atoms in total. The summed E-state index contributed by atoms with van der Waals surface area (Å²) in [4.78, 5) is 29.5. The van der Waals surface area contributed by atoms with Gasteiger partial charge in [-0.05, 0) is 25.3 Å². The number of ether oxygens (including phenoxy) is 2. The Labute approximate surface area is 171 Å². The number of carboxylic acids is 1. The van der Waals surface area contributed by atoms with Crippen molar-refractivity contribution in [3.05, 3.63) is 24.4 Å². The summed E-state index contributed by atoms with van der Waals surface area (Å²) in [5.41, 5.74) is -0.227. The van der Waals surface area contributed by atoms with Crippen molar-refractivity contribution in [2.24, 2.45) is 0 Å². The molecule has 1 spiro atoms. The molecule has 4 rings (SSSR count). The molecule has 0 bridgehead atoms. The number of carbonyl (C=O) groups excluding carboxylic acids is 1. The second-order valence-electron chi connectivity index (χ2n) is 7.56. The zero-order valence-electron chi connectivity index (χ0n) is 16.3. The van der Waals surface area contributed by atoms with Crippen LogP contribution in [0.2, 0.25) is 0 Å². The summed E-state index contributed by atoms with van der Waals surface area (Å²) in [6.45, 7) is 3.83. The maximum atomic E-state index is 12.5. The molecule has 0 unspecified atom stereocenters. The van der Waals surface area contributed by atoms with Gasteiger partial charge in [0.05, 0.1) is 18.8 Å². The molecule has 0 aliphatic carbocycles. The summed E-state index contributed by atoms with van der Waals surface area (Å²) >= 11 is 0. The number of hydrogen-bond acceptors (Lipinski definition) is 5. The molecule has 4 heterocycles. The SMILES string of the molecule is O=C(N1CCCC1)N1CC[C@]2(C[C@@H](Oc3ccccn3)CO2)C1.O=C(O)C(F)(F)F. The Morgan fingerprint density at radius 2 is 1.90 bits per heavy atom. The van der Waals surface area contributed by atoms with E-state index in [0.29, 0.717) is 19.0 Å². The highest BCUT2D eigenvalue weighted by Crippen LogP contribution is 2.37. The van der Waals surface area contributed by atoms with Crippen molar-refractivity contribution in [3.63, 3.8) is 0 Å². The monoisotopic (exact) mass is 431 g/mol. The smallest absolute Gasteiger partial charge is 0.475 e. The van der Waals surface area contributed by atoms with Crippen molar-refractivity contribution >= 4 is 12.0 Å². The largest absolute Gasteiger partial charge is 0.490 e. The molecule has 3 aliphatic rings. The first kappa shape index (κ1) is 22.1. The fourth-order valence-electron chi connectivity index (χ4n) is 3.87. The van der Waals surface area contributed by atoms with E-state index < -0.39 is 12.1 Å². The number of hydrogen-bond donors (Lipinski definition) is 1. The van der Waals surface area contributed by atoms with E-state index in [2.05, 4.69) is 4.98 Å². The number of alkyl halides is 3. The van der Waals surface area contributed by atoms with Crippen LogP contribution in [-0.2, 0) is 9.53 Å². The van der Waals surface area contributed by atoms with Gasteiger partial charge in [-0.3, -0.25) is 0 Å². The van der Waals surface area contributed by atoms with Crippen molar-refractivity contribution < 1.29 is 37.3 Å². The Morgan fingerprint density at radius 3 is 2.50 bits per heavy atom. The van der Waals surface area contributed by atoms with Crippen molar-refractivity contribution in [3.8, 4) is 5.88 Å². The molecule has 0 radical (unpaired) electrons. The molecular formula is C19H24F3N3O5. The van der Waals surface area contributed by atoms with Crippen LogP contribution in [0.15, 0.2) is 24.4 Å². The number of carboxylic acid groups (broad SMARTS) is 1. The van der Waals surface area contributed by atoms with Crippen LogP contribution in [0.1, 0.15) is 25.7 Å². The molecule has 1 aromatic heterocycles. The minimum Gasteiger partial charge on any atom is -0.475 e. The summed E-state index contributed by atoms with van der Waals surface area (Å²) < 4.78 is 43.7. The molecular weight excluding hydrogens is 407 g/mol. The molecule has 166 valence electrons. The Hall–Kier alpha value is -2.56. The van der Waals surface area contributed by atoms with Gasteiger partial charge in [0.2, 0.25) is 5.88 Å². The fourth-order valence-corrected chi connectivity index (χ4v) is 3.87. The normalized spacial score (nSPS) is 25.9. The molecule has 30 heavy (non-hydrogen) atoms. The zero-order chi connectivity index (χ0) is 21.8. The summed E-state index contributed by atoms with van der Waals surface area (Å²) in [5, 5.41) is 7.12. The van der Waals surface area contributed by atoms with E-state index in [9.17, 15) is 18.0 Å². The molecule has 3 saturated heterocycles. The highest BCUT2D eigenvalue weighted by Gasteiger charge is 2.48. The Balaban J connectivity index is 0.000000318.